The molecule has 5 nitrogen and oxygen atoms in total. The molecule has 0 radical (unpaired) electrons. The number of hydrogen-bond acceptors (Lipinski definition) is 4. The third-order valence-corrected chi connectivity index (χ3v) is 5.46. The van der Waals surface area contributed by atoms with Crippen LogP contribution in [0.4, 0.5) is 0 Å². The van der Waals surface area contributed by atoms with Gasteiger partial charge in [0.2, 0.25) is 10.0 Å². The van der Waals surface area contributed by atoms with E-state index in [1.54, 1.807) is 10.4 Å². The lowest BCUT2D eigenvalue weighted by atomic mass is 10.1. The zero-order valence-electron chi connectivity index (χ0n) is 12.3. The second kappa shape index (κ2) is 6.56. The van der Waals surface area contributed by atoms with Crippen molar-refractivity contribution in [3.8, 4) is 11.8 Å². The van der Waals surface area contributed by atoms with Crippen molar-refractivity contribution in [2.75, 3.05) is 13.2 Å². The molecule has 2 rings (SSSR count). The van der Waals surface area contributed by atoms with Crippen LogP contribution in [0.3, 0.4) is 0 Å². The van der Waals surface area contributed by atoms with Gasteiger partial charge in [-0.3, -0.25) is 4.98 Å². The maximum absolute atomic E-state index is 12.7. The third kappa shape index (κ3) is 3.62. The van der Waals surface area contributed by atoms with Crippen LogP contribution in [0.25, 0.3) is 0 Å². The number of hydrogen-bond donors (Lipinski definition) is 1. The standard InChI is InChI=1S/C15H20N2O3S/c1-12-7-13(2)17(11-12)21(19,20)15-8-14(9-16-10-15)5-3-4-6-18/h8-10,12-13,18H,4,6-7,11H2,1-2H3. The van der Waals surface area contributed by atoms with Crippen molar-refractivity contribution in [3.63, 3.8) is 0 Å². The van der Waals surface area contributed by atoms with E-state index in [4.69, 9.17) is 5.11 Å². The van der Waals surface area contributed by atoms with Crippen LogP contribution in [-0.2, 0) is 10.0 Å². The monoisotopic (exact) mass is 308 g/mol. The van der Waals surface area contributed by atoms with Gasteiger partial charge in [0.25, 0.3) is 0 Å². The highest BCUT2D eigenvalue weighted by molar-refractivity contribution is 7.89. The number of aromatic nitrogens is 1. The SMILES string of the molecule is CC1CC(C)N(S(=O)(=O)c2cncc(C#CCCO)c2)C1. The summed E-state index contributed by atoms with van der Waals surface area (Å²) >= 11 is 0. The van der Waals surface area contributed by atoms with Crippen molar-refractivity contribution in [2.45, 2.75) is 37.6 Å². The highest BCUT2D eigenvalue weighted by Gasteiger charge is 2.36. The van der Waals surface area contributed by atoms with Crippen LogP contribution in [0.2, 0.25) is 0 Å². The van der Waals surface area contributed by atoms with E-state index >= 15 is 0 Å². The van der Waals surface area contributed by atoms with Crippen molar-refractivity contribution >= 4 is 10.0 Å². The number of sulfonamides is 1. The zero-order chi connectivity index (χ0) is 15.5. The molecule has 1 aliphatic rings. The number of aliphatic hydroxyl groups is 1. The van der Waals surface area contributed by atoms with E-state index in [-0.39, 0.29) is 17.5 Å². The molecule has 0 amide bonds. The van der Waals surface area contributed by atoms with E-state index < -0.39 is 10.0 Å². The first-order valence-electron chi connectivity index (χ1n) is 7.01. The van der Waals surface area contributed by atoms with Gasteiger partial charge in [0.05, 0.1) is 6.61 Å². The van der Waals surface area contributed by atoms with E-state index in [0.717, 1.165) is 6.42 Å². The van der Waals surface area contributed by atoms with Crippen LogP contribution in [0.5, 0.6) is 0 Å². The molecule has 0 aliphatic carbocycles. The number of pyridine rings is 1. The second-order valence-electron chi connectivity index (χ2n) is 5.45. The highest BCUT2D eigenvalue weighted by atomic mass is 32.2. The fourth-order valence-corrected chi connectivity index (χ4v) is 4.33. The van der Waals surface area contributed by atoms with Gasteiger partial charge in [0.1, 0.15) is 4.90 Å². The summed E-state index contributed by atoms with van der Waals surface area (Å²) in [5, 5.41) is 8.70. The zero-order valence-corrected chi connectivity index (χ0v) is 13.1. The van der Waals surface area contributed by atoms with Gasteiger partial charge in [-0.2, -0.15) is 4.31 Å². The Morgan fingerprint density at radius 1 is 1.43 bits per heavy atom. The Labute approximate surface area is 126 Å². The van der Waals surface area contributed by atoms with Gasteiger partial charge in [0, 0.05) is 37.0 Å². The fraction of sp³-hybridized carbons (Fsp3) is 0.533. The van der Waals surface area contributed by atoms with Gasteiger partial charge in [-0.1, -0.05) is 18.8 Å². The first kappa shape index (κ1) is 16.0. The molecule has 114 valence electrons. The van der Waals surface area contributed by atoms with Gasteiger partial charge >= 0.3 is 0 Å². The minimum absolute atomic E-state index is 0.00845. The molecule has 21 heavy (non-hydrogen) atoms. The Kier molecular flexibility index (Phi) is 4.99. The normalized spacial score (nSPS) is 22.8. The third-order valence-electron chi connectivity index (χ3n) is 3.52. The second-order valence-corrected chi connectivity index (χ2v) is 7.34. The van der Waals surface area contributed by atoms with Gasteiger partial charge in [-0.25, -0.2) is 8.42 Å². The molecule has 2 unspecified atom stereocenters. The Balaban J connectivity index is 2.29. The molecule has 0 saturated carbocycles. The Morgan fingerprint density at radius 2 is 2.19 bits per heavy atom. The molecule has 1 aromatic rings. The van der Waals surface area contributed by atoms with Crippen LogP contribution in [-0.4, -0.2) is 42.0 Å². The summed E-state index contributed by atoms with van der Waals surface area (Å²) in [7, 11) is -3.52. The van der Waals surface area contributed by atoms with Crippen molar-refractivity contribution in [3.05, 3.63) is 24.0 Å². The minimum atomic E-state index is -3.52. The fourth-order valence-electron chi connectivity index (χ4n) is 2.58. The van der Waals surface area contributed by atoms with Crippen molar-refractivity contribution in [1.82, 2.24) is 9.29 Å². The van der Waals surface area contributed by atoms with Crippen molar-refractivity contribution in [2.24, 2.45) is 5.92 Å². The topological polar surface area (TPSA) is 70.5 Å². The van der Waals surface area contributed by atoms with Gasteiger partial charge < -0.3 is 5.11 Å². The maximum atomic E-state index is 12.7. The lowest BCUT2D eigenvalue weighted by Gasteiger charge is -2.20. The largest absolute Gasteiger partial charge is 0.395 e. The quantitative estimate of drug-likeness (QED) is 0.853. The van der Waals surface area contributed by atoms with E-state index in [1.165, 1.54) is 12.4 Å². The molecular weight excluding hydrogens is 288 g/mol. The highest BCUT2D eigenvalue weighted by Crippen LogP contribution is 2.28. The minimum Gasteiger partial charge on any atom is -0.395 e. The number of nitrogens with zero attached hydrogens (tertiary/aromatic N) is 2. The average molecular weight is 308 g/mol. The van der Waals surface area contributed by atoms with E-state index in [0.29, 0.717) is 24.4 Å². The smallest absolute Gasteiger partial charge is 0.244 e. The molecule has 1 saturated heterocycles. The van der Waals surface area contributed by atoms with Crippen LogP contribution in [0, 0.1) is 17.8 Å². The molecule has 0 spiro atoms. The van der Waals surface area contributed by atoms with Crippen LogP contribution in [0.15, 0.2) is 23.4 Å². The lowest BCUT2D eigenvalue weighted by molar-refractivity contribution is 0.305. The van der Waals surface area contributed by atoms with E-state index in [9.17, 15) is 8.42 Å². The maximum Gasteiger partial charge on any atom is 0.244 e. The summed E-state index contributed by atoms with van der Waals surface area (Å²) in [5.74, 6) is 5.95. The lowest BCUT2D eigenvalue weighted by Crippen LogP contribution is -2.34. The Bertz CT molecular complexity index is 661. The molecule has 0 aromatic carbocycles. The number of rotatable bonds is 3. The van der Waals surface area contributed by atoms with Crippen molar-refractivity contribution < 1.29 is 13.5 Å². The predicted octanol–water partition coefficient (Wildman–Crippen LogP) is 1.23. The summed E-state index contributed by atoms with van der Waals surface area (Å²) in [6.07, 6.45) is 4.13. The van der Waals surface area contributed by atoms with Crippen LogP contribution < -0.4 is 0 Å². The molecule has 6 heteroatoms. The molecule has 2 heterocycles. The van der Waals surface area contributed by atoms with Gasteiger partial charge in [0.15, 0.2) is 0 Å². The number of aliphatic hydroxyl groups excluding tert-OH is 1. The molecule has 1 aromatic heterocycles. The first-order valence-corrected chi connectivity index (χ1v) is 8.45. The van der Waals surface area contributed by atoms with Crippen molar-refractivity contribution in [1.29, 1.82) is 0 Å². The Morgan fingerprint density at radius 3 is 2.81 bits per heavy atom. The predicted molar refractivity (Wildman–Crippen MR) is 80.0 cm³/mol. The molecule has 2 atom stereocenters. The summed E-state index contributed by atoms with van der Waals surface area (Å²) < 4.78 is 26.9. The molecular formula is C15H20N2O3S. The molecule has 1 N–H and O–H groups in total. The van der Waals surface area contributed by atoms with Crippen LogP contribution in [0.1, 0.15) is 32.3 Å². The molecule has 1 fully saturated rings. The summed E-state index contributed by atoms with van der Waals surface area (Å²) in [6, 6.07) is 1.55. The Hall–Kier alpha value is -1.42. The molecule has 1 aliphatic heterocycles. The van der Waals surface area contributed by atoms with Gasteiger partial charge in [-0.05, 0) is 25.3 Å². The van der Waals surface area contributed by atoms with E-state index in [1.807, 2.05) is 6.92 Å². The van der Waals surface area contributed by atoms with Crippen LogP contribution >= 0.6 is 0 Å². The van der Waals surface area contributed by atoms with E-state index in [2.05, 4.69) is 23.7 Å². The summed E-state index contributed by atoms with van der Waals surface area (Å²) in [5.41, 5.74) is 0.546. The van der Waals surface area contributed by atoms with Gasteiger partial charge in [-0.15, -0.1) is 0 Å². The first-order chi connectivity index (χ1) is 9.95. The molecule has 0 bridgehead atoms. The summed E-state index contributed by atoms with van der Waals surface area (Å²) in [6.45, 7) is 4.52. The summed E-state index contributed by atoms with van der Waals surface area (Å²) in [4.78, 5) is 4.15. The average Bonchev–Trinajstić information content (AvgIpc) is 2.79.